The summed E-state index contributed by atoms with van der Waals surface area (Å²) in [6.07, 6.45) is 0.853. The highest BCUT2D eigenvalue weighted by Crippen LogP contribution is 2.13. The van der Waals surface area contributed by atoms with Crippen molar-refractivity contribution in [3.8, 4) is 0 Å². The fraction of sp³-hybridized carbons (Fsp3) is 0.818. The molecule has 0 aromatic heterocycles. The molecule has 1 fully saturated rings. The van der Waals surface area contributed by atoms with E-state index in [4.69, 9.17) is 4.84 Å². The first-order chi connectivity index (χ1) is 7.32. The SMILES string of the molecule is CC(NC(=O)C(C)(C)C)C(=O)N1CCCO1. The molecule has 92 valence electrons. The minimum Gasteiger partial charge on any atom is -0.344 e. The van der Waals surface area contributed by atoms with Gasteiger partial charge in [-0.2, -0.15) is 0 Å². The van der Waals surface area contributed by atoms with Crippen LogP contribution in [0.25, 0.3) is 0 Å². The molecule has 1 aliphatic rings. The number of carbonyl (C=O) groups excluding carboxylic acids is 2. The van der Waals surface area contributed by atoms with Gasteiger partial charge >= 0.3 is 0 Å². The van der Waals surface area contributed by atoms with Crippen molar-refractivity contribution in [2.75, 3.05) is 13.2 Å². The van der Waals surface area contributed by atoms with Gasteiger partial charge in [0.25, 0.3) is 5.91 Å². The average molecular weight is 228 g/mol. The van der Waals surface area contributed by atoms with Crippen molar-refractivity contribution in [2.45, 2.75) is 40.2 Å². The Kier molecular flexibility index (Phi) is 3.91. The van der Waals surface area contributed by atoms with E-state index in [0.29, 0.717) is 13.2 Å². The summed E-state index contributed by atoms with van der Waals surface area (Å²) < 4.78 is 0. The van der Waals surface area contributed by atoms with Gasteiger partial charge in [0.05, 0.1) is 13.2 Å². The summed E-state index contributed by atoms with van der Waals surface area (Å²) in [6.45, 7) is 8.29. The Morgan fingerprint density at radius 3 is 2.44 bits per heavy atom. The normalized spacial score (nSPS) is 18.4. The fourth-order valence-corrected chi connectivity index (χ4v) is 1.31. The Bertz CT molecular complexity index is 277. The predicted octanol–water partition coefficient (Wildman–Crippen LogP) is 0.701. The topological polar surface area (TPSA) is 58.6 Å². The maximum atomic E-state index is 11.8. The molecule has 0 aliphatic carbocycles. The summed E-state index contributed by atoms with van der Waals surface area (Å²) in [5.41, 5.74) is -0.486. The minimum absolute atomic E-state index is 0.132. The zero-order valence-electron chi connectivity index (χ0n) is 10.4. The average Bonchev–Trinajstić information content (AvgIpc) is 2.67. The van der Waals surface area contributed by atoms with Crippen molar-refractivity contribution in [1.82, 2.24) is 10.4 Å². The van der Waals surface area contributed by atoms with Gasteiger partial charge in [0.2, 0.25) is 5.91 Å². The van der Waals surface area contributed by atoms with E-state index in [9.17, 15) is 9.59 Å². The predicted molar refractivity (Wildman–Crippen MR) is 59.3 cm³/mol. The van der Waals surface area contributed by atoms with Crippen LogP contribution in [0.15, 0.2) is 0 Å². The Hall–Kier alpha value is -1.10. The number of rotatable bonds is 2. The molecule has 1 rings (SSSR count). The van der Waals surface area contributed by atoms with Gasteiger partial charge in [0.1, 0.15) is 6.04 Å². The molecular formula is C11H20N2O3. The van der Waals surface area contributed by atoms with Gasteiger partial charge in [-0.3, -0.25) is 14.4 Å². The lowest BCUT2D eigenvalue weighted by Gasteiger charge is -2.23. The van der Waals surface area contributed by atoms with E-state index in [0.717, 1.165) is 6.42 Å². The van der Waals surface area contributed by atoms with Crippen molar-refractivity contribution < 1.29 is 14.4 Å². The number of amides is 2. The molecule has 2 amide bonds. The van der Waals surface area contributed by atoms with Gasteiger partial charge in [-0.05, 0) is 13.3 Å². The lowest BCUT2D eigenvalue weighted by molar-refractivity contribution is -0.171. The van der Waals surface area contributed by atoms with Crippen molar-refractivity contribution in [3.63, 3.8) is 0 Å². The molecule has 0 radical (unpaired) electrons. The summed E-state index contributed by atoms with van der Waals surface area (Å²) >= 11 is 0. The van der Waals surface area contributed by atoms with Gasteiger partial charge in [-0.15, -0.1) is 0 Å². The molecule has 1 saturated heterocycles. The summed E-state index contributed by atoms with van der Waals surface area (Å²) in [5, 5.41) is 4.01. The molecule has 1 atom stereocenters. The van der Waals surface area contributed by atoms with Crippen LogP contribution in [-0.2, 0) is 14.4 Å². The van der Waals surface area contributed by atoms with Gasteiger partial charge in [0, 0.05) is 5.41 Å². The maximum Gasteiger partial charge on any atom is 0.268 e. The van der Waals surface area contributed by atoms with Crippen LogP contribution in [0.3, 0.4) is 0 Å². The van der Waals surface area contributed by atoms with Gasteiger partial charge in [-0.1, -0.05) is 20.8 Å². The molecule has 1 N–H and O–H groups in total. The minimum atomic E-state index is -0.537. The molecule has 0 aromatic rings. The first-order valence-corrected chi connectivity index (χ1v) is 5.57. The standard InChI is InChI=1S/C11H20N2O3/c1-8(12-10(15)11(2,3)4)9(14)13-6-5-7-16-13/h8H,5-7H2,1-4H3,(H,12,15). The summed E-state index contributed by atoms with van der Waals surface area (Å²) in [7, 11) is 0. The van der Waals surface area contributed by atoms with Gasteiger partial charge in [-0.25, -0.2) is 5.06 Å². The van der Waals surface area contributed by atoms with Gasteiger partial charge in [0.15, 0.2) is 0 Å². The summed E-state index contributed by atoms with van der Waals surface area (Å²) in [4.78, 5) is 28.6. The van der Waals surface area contributed by atoms with Crippen molar-refractivity contribution in [2.24, 2.45) is 5.41 Å². The second kappa shape index (κ2) is 4.82. The third-order valence-corrected chi connectivity index (χ3v) is 2.40. The van der Waals surface area contributed by atoms with E-state index in [2.05, 4.69) is 5.32 Å². The second-order valence-electron chi connectivity index (χ2n) is 5.07. The third-order valence-electron chi connectivity index (χ3n) is 2.40. The Morgan fingerprint density at radius 2 is 2.00 bits per heavy atom. The molecule has 0 aromatic carbocycles. The van der Waals surface area contributed by atoms with Gasteiger partial charge < -0.3 is 5.32 Å². The highest BCUT2D eigenvalue weighted by atomic mass is 16.7. The molecule has 0 spiro atoms. The van der Waals surface area contributed by atoms with Crippen LogP contribution >= 0.6 is 0 Å². The van der Waals surface area contributed by atoms with Crippen LogP contribution < -0.4 is 5.32 Å². The second-order valence-corrected chi connectivity index (χ2v) is 5.07. The van der Waals surface area contributed by atoms with Crippen LogP contribution in [0.2, 0.25) is 0 Å². The van der Waals surface area contributed by atoms with Crippen LogP contribution in [0, 0.1) is 5.41 Å². The number of hydrogen-bond acceptors (Lipinski definition) is 3. The van der Waals surface area contributed by atoms with E-state index in [1.807, 2.05) is 20.8 Å². The molecular weight excluding hydrogens is 208 g/mol. The van der Waals surface area contributed by atoms with Crippen LogP contribution in [0.4, 0.5) is 0 Å². The molecule has 0 bridgehead atoms. The zero-order valence-corrected chi connectivity index (χ0v) is 10.4. The molecule has 16 heavy (non-hydrogen) atoms. The lowest BCUT2D eigenvalue weighted by Crippen LogP contribution is -2.48. The molecule has 1 heterocycles. The molecule has 1 unspecified atom stereocenters. The molecule has 5 heteroatoms. The number of carbonyl (C=O) groups is 2. The Balaban J connectivity index is 2.48. The smallest absolute Gasteiger partial charge is 0.268 e. The van der Waals surface area contributed by atoms with E-state index in [1.54, 1.807) is 6.92 Å². The van der Waals surface area contributed by atoms with Crippen LogP contribution in [-0.4, -0.2) is 36.1 Å². The fourth-order valence-electron chi connectivity index (χ4n) is 1.31. The highest BCUT2D eigenvalue weighted by molar-refractivity contribution is 5.88. The quantitative estimate of drug-likeness (QED) is 0.757. The zero-order chi connectivity index (χ0) is 12.3. The van der Waals surface area contributed by atoms with Crippen LogP contribution in [0.1, 0.15) is 34.1 Å². The van der Waals surface area contributed by atoms with Crippen molar-refractivity contribution >= 4 is 11.8 Å². The van der Waals surface area contributed by atoms with Crippen LogP contribution in [0.5, 0.6) is 0 Å². The number of nitrogens with one attached hydrogen (secondary N) is 1. The third kappa shape index (κ3) is 3.20. The lowest BCUT2D eigenvalue weighted by atomic mass is 9.95. The Labute approximate surface area is 96.1 Å². The first kappa shape index (κ1) is 13.0. The summed E-state index contributed by atoms with van der Waals surface area (Å²) in [6, 6.07) is -0.537. The summed E-state index contributed by atoms with van der Waals surface area (Å²) in [5.74, 6) is -0.317. The molecule has 0 saturated carbocycles. The monoisotopic (exact) mass is 228 g/mol. The highest BCUT2D eigenvalue weighted by Gasteiger charge is 2.29. The largest absolute Gasteiger partial charge is 0.344 e. The number of hydrogen-bond donors (Lipinski definition) is 1. The van der Waals surface area contributed by atoms with E-state index < -0.39 is 11.5 Å². The van der Waals surface area contributed by atoms with E-state index in [1.165, 1.54) is 5.06 Å². The number of nitrogens with zero attached hydrogens (tertiary/aromatic N) is 1. The van der Waals surface area contributed by atoms with Crippen molar-refractivity contribution in [1.29, 1.82) is 0 Å². The maximum absolute atomic E-state index is 11.8. The van der Waals surface area contributed by atoms with E-state index >= 15 is 0 Å². The molecule has 5 nitrogen and oxygen atoms in total. The first-order valence-electron chi connectivity index (χ1n) is 5.57. The number of hydroxylamine groups is 2. The Morgan fingerprint density at radius 1 is 1.38 bits per heavy atom. The van der Waals surface area contributed by atoms with Crippen molar-refractivity contribution in [3.05, 3.63) is 0 Å². The van der Waals surface area contributed by atoms with E-state index in [-0.39, 0.29) is 11.8 Å². The molecule has 1 aliphatic heterocycles.